The minimum Gasteiger partial charge on any atom is -0.465 e. The maximum Gasteiger partial charge on any atom is 0.327 e. The van der Waals surface area contributed by atoms with Gasteiger partial charge in [-0.2, -0.15) is 0 Å². The molecule has 0 aliphatic heterocycles. The van der Waals surface area contributed by atoms with E-state index in [-0.39, 0.29) is 12.4 Å². The molecule has 2 heterocycles. The molecule has 7 heteroatoms. The number of rotatable bonds is 5. The van der Waals surface area contributed by atoms with Crippen molar-refractivity contribution >= 4 is 45.1 Å². The molecule has 3 rings (SSSR count). The van der Waals surface area contributed by atoms with Gasteiger partial charge in [-0.3, -0.25) is 9.59 Å². The van der Waals surface area contributed by atoms with Gasteiger partial charge in [0.1, 0.15) is 16.2 Å². The summed E-state index contributed by atoms with van der Waals surface area (Å²) in [5.41, 5.74) is 1.29. The van der Waals surface area contributed by atoms with Crippen molar-refractivity contribution in [1.29, 1.82) is 0 Å². The van der Waals surface area contributed by atoms with Crippen molar-refractivity contribution in [3.63, 3.8) is 0 Å². The summed E-state index contributed by atoms with van der Waals surface area (Å²) in [7, 11) is 0. The van der Waals surface area contributed by atoms with E-state index in [1.54, 1.807) is 18.3 Å². The van der Waals surface area contributed by atoms with Gasteiger partial charge in [-0.15, -0.1) is 11.3 Å². The first-order valence-corrected chi connectivity index (χ1v) is 9.79. The number of thiophene rings is 1. The van der Waals surface area contributed by atoms with Crippen molar-refractivity contribution in [2.75, 3.05) is 6.61 Å². The zero-order valence-corrected chi connectivity index (χ0v) is 15.6. The van der Waals surface area contributed by atoms with Crippen LogP contribution in [0.4, 0.5) is 0 Å². The number of hydrogen-bond acceptors (Lipinski definition) is 7. The molecule has 0 unspecified atom stereocenters. The number of carbonyl (C=O) groups is 2. The van der Waals surface area contributed by atoms with Gasteiger partial charge < -0.3 is 4.74 Å². The number of ether oxygens (including phenoxy) is 1. The monoisotopic (exact) mass is 364 g/mol. The molecule has 0 N–H and O–H groups in total. The molecule has 0 radical (unpaired) electrons. The molecule has 0 saturated carbocycles. The number of aromatic nitrogens is 2. The number of hydrogen-bond donors (Lipinski definition) is 0. The van der Waals surface area contributed by atoms with E-state index in [1.165, 1.54) is 35.5 Å². The van der Waals surface area contributed by atoms with Crippen molar-refractivity contribution in [2.24, 2.45) is 5.92 Å². The first kappa shape index (κ1) is 17.4. The molecule has 0 amide bonds. The molecule has 0 fully saturated rings. The summed E-state index contributed by atoms with van der Waals surface area (Å²) in [6.07, 6.45) is 4.72. The average molecular weight is 364 g/mol. The number of thioether (sulfide) groups is 1. The molecule has 0 aromatic carbocycles. The van der Waals surface area contributed by atoms with Crippen LogP contribution in [0.25, 0.3) is 10.2 Å². The highest BCUT2D eigenvalue weighted by atomic mass is 32.2. The van der Waals surface area contributed by atoms with Gasteiger partial charge in [0.15, 0.2) is 11.0 Å². The van der Waals surface area contributed by atoms with Crippen molar-refractivity contribution in [2.45, 2.75) is 50.3 Å². The SMILES string of the molecule is CCOC(=O)[C@@H](Sc1ncnc2sc3c(c12)CC[C@@H](C)C3)C(C)=O. The van der Waals surface area contributed by atoms with Gasteiger partial charge in [0.25, 0.3) is 0 Å². The fourth-order valence-corrected chi connectivity index (χ4v) is 5.38. The lowest BCUT2D eigenvalue weighted by Gasteiger charge is -2.18. The molecule has 2 aromatic rings. The number of Topliss-reactive ketones (excluding diaryl/α,β-unsaturated/α-hetero) is 1. The second-order valence-corrected chi connectivity index (χ2v) is 8.25. The summed E-state index contributed by atoms with van der Waals surface area (Å²) in [6.45, 7) is 5.67. The number of carbonyl (C=O) groups excluding carboxylic acids is 2. The number of aryl methyl sites for hydroxylation is 1. The molecule has 128 valence electrons. The van der Waals surface area contributed by atoms with Crippen LogP contribution in [0.2, 0.25) is 0 Å². The maximum absolute atomic E-state index is 12.1. The second kappa shape index (κ2) is 7.19. The van der Waals surface area contributed by atoms with Crippen LogP contribution < -0.4 is 0 Å². The molecule has 0 bridgehead atoms. The van der Waals surface area contributed by atoms with Crippen LogP contribution in [0, 0.1) is 5.92 Å². The standard InChI is InChI=1S/C17H20N2O3S2/c1-4-22-17(21)14(10(3)20)24-16-13-11-6-5-9(2)7-12(11)23-15(13)18-8-19-16/h8-9,14H,4-7H2,1-3H3/t9-,14+/m1/s1. The van der Waals surface area contributed by atoms with E-state index in [2.05, 4.69) is 16.9 Å². The van der Waals surface area contributed by atoms with Crippen LogP contribution in [-0.2, 0) is 27.2 Å². The summed E-state index contributed by atoms with van der Waals surface area (Å²) >= 11 is 2.89. The summed E-state index contributed by atoms with van der Waals surface area (Å²) < 4.78 is 5.04. The minimum atomic E-state index is -0.874. The van der Waals surface area contributed by atoms with Gasteiger partial charge in [-0.1, -0.05) is 18.7 Å². The predicted octanol–water partition coefficient (Wildman–Crippen LogP) is 3.43. The number of nitrogens with zero attached hydrogens (tertiary/aromatic N) is 2. The number of esters is 1. The Bertz CT molecular complexity index is 787. The topological polar surface area (TPSA) is 69.2 Å². The lowest BCUT2D eigenvalue weighted by Crippen LogP contribution is -2.27. The van der Waals surface area contributed by atoms with Crippen LogP contribution in [-0.4, -0.2) is 33.6 Å². The molecule has 0 saturated heterocycles. The van der Waals surface area contributed by atoms with Gasteiger partial charge in [0.05, 0.1) is 6.61 Å². The first-order valence-electron chi connectivity index (χ1n) is 8.10. The molecule has 1 aliphatic carbocycles. The fraction of sp³-hybridized carbons (Fsp3) is 0.529. The molecule has 2 atom stereocenters. The third-order valence-corrected chi connectivity index (χ3v) is 6.61. The van der Waals surface area contributed by atoms with E-state index in [0.717, 1.165) is 29.5 Å². The first-order chi connectivity index (χ1) is 11.5. The predicted molar refractivity (Wildman–Crippen MR) is 95.6 cm³/mol. The van der Waals surface area contributed by atoms with E-state index in [4.69, 9.17) is 4.74 Å². The highest BCUT2D eigenvalue weighted by Crippen LogP contribution is 2.41. The highest BCUT2D eigenvalue weighted by molar-refractivity contribution is 8.01. The van der Waals surface area contributed by atoms with E-state index in [0.29, 0.717) is 10.9 Å². The Morgan fingerprint density at radius 1 is 1.46 bits per heavy atom. The van der Waals surface area contributed by atoms with E-state index in [1.807, 2.05) is 0 Å². The number of fused-ring (bicyclic) bond motifs is 3. The quantitative estimate of drug-likeness (QED) is 0.350. The van der Waals surface area contributed by atoms with Crippen molar-refractivity contribution in [3.05, 3.63) is 16.8 Å². The maximum atomic E-state index is 12.1. The van der Waals surface area contributed by atoms with Gasteiger partial charge in [0, 0.05) is 10.3 Å². The minimum absolute atomic E-state index is 0.220. The Morgan fingerprint density at radius 2 is 2.25 bits per heavy atom. The van der Waals surface area contributed by atoms with E-state index in [9.17, 15) is 9.59 Å². The van der Waals surface area contributed by atoms with Crippen LogP contribution in [0.3, 0.4) is 0 Å². The third-order valence-electron chi connectivity index (χ3n) is 4.16. The van der Waals surface area contributed by atoms with Crippen LogP contribution in [0.5, 0.6) is 0 Å². The lowest BCUT2D eigenvalue weighted by atomic mass is 9.89. The third kappa shape index (κ3) is 3.32. The Balaban J connectivity index is 2.00. The van der Waals surface area contributed by atoms with Crippen LogP contribution in [0.15, 0.2) is 11.4 Å². The zero-order valence-electron chi connectivity index (χ0n) is 14.0. The van der Waals surface area contributed by atoms with Crippen LogP contribution in [0.1, 0.15) is 37.6 Å². The summed E-state index contributed by atoms with van der Waals surface area (Å²) in [6, 6.07) is 0. The molecule has 0 spiro atoms. The van der Waals surface area contributed by atoms with Gasteiger partial charge in [-0.05, 0) is 44.6 Å². The zero-order chi connectivity index (χ0) is 17.3. The molecular formula is C17H20N2O3S2. The molecule has 1 aliphatic rings. The van der Waals surface area contributed by atoms with Gasteiger partial charge in [-0.25, -0.2) is 9.97 Å². The van der Waals surface area contributed by atoms with Crippen molar-refractivity contribution in [1.82, 2.24) is 9.97 Å². The summed E-state index contributed by atoms with van der Waals surface area (Å²) in [5, 5.41) is 0.853. The molecule has 5 nitrogen and oxygen atoms in total. The largest absolute Gasteiger partial charge is 0.465 e. The normalized spacial score (nSPS) is 18.2. The van der Waals surface area contributed by atoms with Gasteiger partial charge in [0.2, 0.25) is 0 Å². The van der Waals surface area contributed by atoms with E-state index >= 15 is 0 Å². The highest BCUT2D eigenvalue weighted by Gasteiger charge is 2.29. The smallest absolute Gasteiger partial charge is 0.327 e. The Morgan fingerprint density at radius 3 is 2.96 bits per heavy atom. The van der Waals surface area contributed by atoms with Crippen molar-refractivity contribution < 1.29 is 14.3 Å². The molecule has 2 aromatic heterocycles. The van der Waals surface area contributed by atoms with Crippen LogP contribution >= 0.6 is 23.1 Å². The average Bonchev–Trinajstić information content (AvgIpc) is 2.90. The Kier molecular flexibility index (Phi) is 5.20. The van der Waals surface area contributed by atoms with Crippen molar-refractivity contribution in [3.8, 4) is 0 Å². The number of ketones is 1. The van der Waals surface area contributed by atoms with E-state index < -0.39 is 11.2 Å². The molecule has 24 heavy (non-hydrogen) atoms. The summed E-state index contributed by atoms with van der Waals surface area (Å²) in [4.78, 5) is 35.1. The Labute approximate surface area is 149 Å². The van der Waals surface area contributed by atoms with Gasteiger partial charge >= 0.3 is 5.97 Å². The summed E-state index contributed by atoms with van der Waals surface area (Å²) in [5.74, 6) is -0.0402. The Hall–Kier alpha value is -1.47. The second-order valence-electron chi connectivity index (χ2n) is 6.07. The molecular weight excluding hydrogens is 344 g/mol. The fourth-order valence-electron chi connectivity index (χ4n) is 2.96. The lowest BCUT2D eigenvalue weighted by molar-refractivity contribution is -0.144.